The molecule has 0 aliphatic rings. The number of aromatic nitrogens is 2. The van der Waals surface area contributed by atoms with Gasteiger partial charge in [-0.1, -0.05) is 42.1 Å². The van der Waals surface area contributed by atoms with E-state index in [2.05, 4.69) is 51.9 Å². The van der Waals surface area contributed by atoms with Crippen LogP contribution in [0.1, 0.15) is 11.3 Å². The van der Waals surface area contributed by atoms with Gasteiger partial charge in [0.05, 0.1) is 0 Å². The maximum Gasteiger partial charge on any atom is 0.163 e. The Morgan fingerprint density at radius 2 is 1.61 bits per heavy atom. The highest BCUT2D eigenvalue weighted by atomic mass is 32.2. The smallest absolute Gasteiger partial charge is 0.163 e. The summed E-state index contributed by atoms with van der Waals surface area (Å²) in [7, 11) is 0. The van der Waals surface area contributed by atoms with Crippen LogP contribution < -0.4 is 5.32 Å². The lowest BCUT2D eigenvalue weighted by Gasteiger charge is -2.06. The fourth-order valence-corrected chi connectivity index (χ4v) is 2.82. The zero-order chi connectivity index (χ0) is 15.9. The normalized spacial score (nSPS) is 10.0. The fourth-order valence-electron chi connectivity index (χ4n) is 1.98. The van der Waals surface area contributed by atoms with Crippen molar-refractivity contribution in [2.45, 2.75) is 16.3 Å². The highest BCUT2D eigenvalue weighted by Gasteiger charge is 2.00. The Kier molecular flexibility index (Phi) is 4.87. The molecule has 1 N–H and O–H groups in total. The Labute approximate surface area is 139 Å². The minimum Gasteiger partial charge on any atom is -0.365 e. The number of hydrogen-bond donors (Lipinski definition) is 1. The molecule has 0 unspecified atom stereocenters. The predicted octanol–water partition coefficient (Wildman–Crippen LogP) is 4.11. The first kappa shape index (κ1) is 15.1. The maximum absolute atomic E-state index is 8.69. The molecule has 3 rings (SSSR count). The summed E-state index contributed by atoms with van der Waals surface area (Å²) in [4.78, 5) is 2.43. The molecule has 5 heteroatoms. The summed E-state index contributed by atoms with van der Waals surface area (Å²) in [6.07, 6.45) is 0. The molecule has 2 aromatic carbocycles. The molecule has 0 atom stereocenters. The van der Waals surface area contributed by atoms with Crippen molar-refractivity contribution < 1.29 is 0 Å². The minimum atomic E-state index is 0.317. The van der Waals surface area contributed by atoms with E-state index >= 15 is 0 Å². The third kappa shape index (κ3) is 4.31. The van der Waals surface area contributed by atoms with Crippen LogP contribution in [0.15, 0.2) is 76.5 Å². The molecule has 3 aromatic rings. The van der Waals surface area contributed by atoms with Crippen LogP contribution in [0.4, 0.5) is 5.82 Å². The molecule has 1 heterocycles. The number of rotatable bonds is 5. The van der Waals surface area contributed by atoms with E-state index in [1.54, 1.807) is 23.9 Å². The van der Waals surface area contributed by atoms with Gasteiger partial charge in [-0.3, -0.25) is 0 Å². The lowest BCUT2D eigenvalue weighted by Crippen LogP contribution is -2.02. The fraction of sp³-hybridized carbons (Fsp3) is 0.0556. The summed E-state index contributed by atoms with van der Waals surface area (Å²) in [6.45, 7) is 0.664. The minimum absolute atomic E-state index is 0.317. The molecule has 0 spiro atoms. The molecule has 0 radical (unpaired) electrons. The van der Waals surface area contributed by atoms with Crippen molar-refractivity contribution in [2.75, 3.05) is 5.32 Å². The van der Waals surface area contributed by atoms with E-state index in [4.69, 9.17) is 5.26 Å². The van der Waals surface area contributed by atoms with Crippen LogP contribution in [0.5, 0.6) is 0 Å². The summed E-state index contributed by atoms with van der Waals surface area (Å²) in [5.74, 6) is 0.659. The molecule has 1 aromatic heterocycles. The van der Waals surface area contributed by atoms with E-state index < -0.39 is 0 Å². The molecular weight excluding hydrogens is 304 g/mol. The van der Waals surface area contributed by atoms with E-state index in [1.165, 1.54) is 9.79 Å². The van der Waals surface area contributed by atoms with Crippen LogP contribution in [0.25, 0.3) is 0 Å². The number of nitriles is 1. The standard InChI is InChI=1S/C18H14N4S/c19-12-15-8-11-18(22-21-15)20-13-14-6-9-17(10-7-14)23-16-4-2-1-3-5-16/h1-11H,13H2,(H,20,22). The number of nitrogens with zero attached hydrogens (tertiary/aromatic N) is 3. The third-order valence-electron chi connectivity index (χ3n) is 3.15. The second kappa shape index (κ2) is 7.43. The summed E-state index contributed by atoms with van der Waals surface area (Å²) in [5, 5.41) is 19.6. The van der Waals surface area contributed by atoms with E-state index in [9.17, 15) is 0 Å². The molecule has 0 fully saturated rings. The Balaban J connectivity index is 1.58. The zero-order valence-corrected chi connectivity index (χ0v) is 13.1. The van der Waals surface area contributed by atoms with Crippen LogP contribution in [0, 0.1) is 11.3 Å². The molecule has 0 aliphatic heterocycles. The average molecular weight is 318 g/mol. The van der Waals surface area contributed by atoms with Crippen LogP contribution >= 0.6 is 11.8 Å². The first-order valence-electron chi connectivity index (χ1n) is 7.13. The van der Waals surface area contributed by atoms with E-state index in [-0.39, 0.29) is 0 Å². The Morgan fingerprint density at radius 1 is 0.870 bits per heavy atom. The van der Waals surface area contributed by atoms with Gasteiger partial charge < -0.3 is 5.32 Å². The van der Waals surface area contributed by atoms with Gasteiger partial charge in [-0.2, -0.15) is 5.26 Å². The van der Waals surface area contributed by atoms with Crippen molar-refractivity contribution in [3.8, 4) is 6.07 Å². The van der Waals surface area contributed by atoms with Crippen LogP contribution in [-0.2, 0) is 6.54 Å². The van der Waals surface area contributed by atoms with E-state index in [0.29, 0.717) is 18.1 Å². The molecule has 4 nitrogen and oxygen atoms in total. The van der Waals surface area contributed by atoms with Crippen molar-refractivity contribution >= 4 is 17.6 Å². The van der Waals surface area contributed by atoms with Gasteiger partial charge in [-0.05, 0) is 42.0 Å². The van der Waals surface area contributed by atoms with Gasteiger partial charge in [-0.15, -0.1) is 10.2 Å². The summed E-state index contributed by atoms with van der Waals surface area (Å²) < 4.78 is 0. The van der Waals surface area contributed by atoms with Crippen molar-refractivity contribution in [1.29, 1.82) is 5.26 Å². The molecule has 0 amide bonds. The number of nitrogens with one attached hydrogen (secondary N) is 1. The Morgan fingerprint density at radius 3 is 2.26 bits per heavy atom. The van der Waals surface area contributed by atoms with Crippen molar-refractivity contribution in [3.05, 3.63) is 78.0 Å². The monoisotopic (exact) mass is 318 g/mol. The van der Waals surface area contributed by atoms with Crippen LogP contribution in [0.2, 0.25) is 0 Å². The topological polar surface area (TPSA) is 61.6 Å². The highest BCUT2D eigenvalue weighted by molar-refractivity contribution is 7.99. The van der Waals surface area contributed by atoms with Crippen molar-refractivity contribution in [2.24, 2.45) is 0 Å². The third-order valence-corrected chi connectivity index (χ3v) is 4.17. The van der Waals surface area contributed by atoms with E-state index in [1.807, 2.05) is 24.3 Å². The molecule has 0 bridgehead atoms. The first-order valence-corrected chi connectivity index (χ1v) is 7.95. The van der Waals surface area contributed by atoms with Gasteiger partial charge in [0.2, 0.25) is 0 Å². The van der Waals surface area contributed by atoms with E-state index in [0.717, 1.165) is 5.56 Å². The largest absolute Gasteiger partial charge is 0.365 e. The second-order valence-corrected chi connectivity index (χ2v) is 5.98. The maximum atomic E-state index is 8.69. The second-order valence-electron chi connectivity index (χ2n) is 4.83. The van der Waals surface area contributed by atoms with Gasteiger partial charge in [0.1, 0.15) is 11.9 Å². The summed E-state index contributed by atoms with van der Waals surface area (Å²) in [6, 6.07) is 24.1. The van der Waals surface area contributed by atoms with Gasteiger partial charge >= 0.3 is 0 Å². The summed E-state index contributed by atoms with van der Waals surface area (Å²) >= 11 is 1.74. The molecule has 112 valence electrons. The summed E-state index contributed by atoms with van der Waals surface area (Å²) in [5.41, 5.74) is 1.48. The Bertz CT molecular complexity index is 793. The molecular formula is C18H14N4S. The SMILES string of the molecule is N#Cc1ccc(NCc2ccc(Sc3ccccc3)cc2)nn1. The number of anilines is 1. The van der Waals surface area contributed by atoms with Gasteiger partial charge in [-0.25, -0.2) is 0 Å². The quantitative estimate of drug-likeness (QED) is 0.767. The van der Waals surface area contributed by atoms with Crippen LogP contribution in [0.3, 0.4) is 0 Å². The van der Waals surface area contributed by atoms with Gasteiger partial charge in [0.15, 0.2) is 5.69 Å². The Hall–Kier alpha value is -2.84. The van der Waals surface area contributed by atoms with Gasteiger partial charge in [0.25, 0.3) is 0 Å². The molecule has 23 heavy (non-hydrogen) atoms. The van der Waals surface area contributed by atoms with Crippen LogP contribution in [-0.4, -0.2) is 10.2 Å². The molecule has 0 saturated carbocycles. The lowest BCUT2D eigenvalue weighted by atomic mass is 10.2. The first-order chi connectivity index (χ1) is 11.3. The van der Waals surface area contributed by atoms with Crippen molar-refractivity contribution in [1.82, 2.24) is 10.2 Å². The molecule has 0 saturated heterocycles. The number of hydrogen-bond acceptors (Lipinski definition) is 5. The average Bonchev–Trinajstić information content (AvgIpc) is 2.62. The van der Waals surface area contributed by atoms with Crippen molar-refractivity contribution in [3.63, 3.8) is 0 Å². The van der Waals surface area contributed by atoms with Gasteiger partial charge in [0, 0.05) is 16.3 Å². The highest BCUT2D eigenvalue weighted by Crippen LogP contribution is 2.27. The zero-order valence-electron chi connectivity index (χ0n) is 12.3. The predicted molar refractivity (Wildman–Crippen MR) is 91.1 cm³/mol. The number of benzene rings is 2. The molecule has 0 aliphatic carbocycles. The lowest BCUT2D eigenvalue weighted by molar-refractivity contribution is 0.984.